The number of phenolic OH excluding ortho intramolecular Hbond substituents is 1. The van der Waals surface area contributed by atoms with Crippen LogP contribution in [-0.2, 0) is 0 Å². The fraction of sp³-hybridized carbons (Fsp3) is 0.500. The van der Waals surface area contributed by atoms with E-state index in [-0.39, 0.29) is 5.75 Å². The first-order chi connectivity index (χ1) is 10.2. The predicted octanol–water partition coefficient (Wildman–Crippen LogP) is 3.35. The number of aromatic hydroxyl groups is 1. The Morgan fingerprint density at radius 3 is 2.86 bits per heavy atom. The predicted molar refractivity (Wildman–Crippen MR) is 76.1 cm³/mol. The van der Waals surface area contributed by atoms with Gasteiger partial charge in [0.1, 0.15) is 0 Å². The Labute approximate surface area is 122 Å². The fourth-order valence-electron chi connectivity index (χ4n) is 3.89. The summed E-state index contributed by atoms with van der Waals surface area (Å²) in [5.74, 6) is 3.84. The van der Waals surface area contributed by atoms with Gasteiger partial charge in [-0.25, -0.2) is 0 Å². The number of phenols is 1. The SMILES string of the molecule is COc1ccc(-c2nc(C3CC4CCC3C4)no2)cc1O. The lowest BCUT2D eigenvalue weighted by Crippen LogP contribution is -2.09. The summed E-state index contributed by atoms with van der Waals surface area (Å²) < 4.78 is 10.4. The summed E-state index contributed by atoms with van der Waals surface area (Å²) in [6, 6.07) is 5.11. The number of hydrogen-bond acceptors (Lipinski definition) is 5. The van der Waals surface area contributed by atoms with Crippen molar-refractivity contribution in [1.29, 1.82) is 0 Å². The van der Waals surface area contributed by atoms with Crippen LogP contribution in [0.1, 0.15) is 37.4 Å². The van der Waals surface area contributed by atoms with Crippen LogP contribution in [0.2, 0.25) is 0 Å². The Bertz CT molecular complexity index is 667. The second kappa shape index (κ2) is 4.76. The van der Waals surface area contributed by atoms with Crippen molar-refractivity contribution in [3.8, 4) is 23.0 Å². The highest BCUT2D eigenvalue weighted by Gasteiger charge is 2.42. The molecule has 2 saturated carbocycles. The highest BCUT2D eigenvalue weighted by molar-refractivity contribution is 5.59. The van der Waals surface area contributed by atoms with Gasteiger partial charge in [-0.2, -0.15) is 4.98 Å². The average molecular weight is 286 g/mol. The first kappa shape index (κ1) is 12.7. The molecule has 1 N–H and O–H groups in total. The molecule has 2 aromatic rings. The van der Waals surface area contributed by atoms with E-state index in [1.807, 2.05) is 6.07 Å². The van der Waals surface area contributed by atoms with Gasteiger partial charge >= 0.3 is 0 Å². The van der Waals surface area contributed by atoms with Crippen LogP contribution in [0.3, 0.4) is 0 Å². The van der Waals surface area contributed by atoms with Crippen molar-refractivity contribution in [2.24, 2.45) is 11.8 Å². The number of fused-ring (bicyclic) bond motifs is 2. The zero-order valence-corrected chi connectivity index (χ0v) is 12.0. The summed E-state index contributed by atoms with van der Waals surface area (Å²) in [5, 5.41) is 14.0. The number of aromatic nitrogens is 2. The Morgan fingerprint density at radius 2 is 2.19 bits per heavy atom. The van der Waals surface area contributed by atoms with Gasteiger partial charge in [-0.15, -0.1) is 0 Å². The van der Waals surface area contributed by atoms with Crippen LogP contribution in [0.4, 0.5) is 0 Å². The van der Waals surface area contributed by atoms with Gasteiger partial charge in [0, 0.05) is 11.5 Å². The quantitative estimate of drug-likeness (QED) is 0.937. The van der Waals surface area contributed by atoms with Crippen molar-refractivity contribution in [1.82, 2.24) is 10.1 Å². The highest BCUT2D eigenvalue weighted by Crippen LogP contribution is 2.52. The van der Waals surface area contributed by atoms with Crippen molar-refractivity contribution in [3.05, 3.63) is 24.0 Å². The molecule has 1 heterocycles. The molecule has 0 spiro atoms. The van der Waals surface area contributed by atoms with Gasteiger partial charge in [0.05, 0.1) is 7.11 Å². The molecule has 5 nitrogen and oxygen atoms in total. The average Bonchev–Trinajstić information content (AvgIpc) is 3.22. The monoisotopic (exact) mass is 286 g/mol. The number of benzene rings is 1. The Kier molecular flexibility index (Phi) is 2.87. The third-order valence-electron chi connectivity index (χ3n) is 4.94. The van der Waals surface area contributed by atoms with Gasteiger partial charge in [-0.3, -0.25) is 0 Å². The van der Waals surface area contributed by atoms with Crippen LogP contribution in [0, 0.1) is 11.8 Å². The molecular formula is C16H18N2O3. The molecule has 110 valence electrons. The van der Waals surface area contributed by atoms with E-state index >= 15 is 0 Å². The number of hydrogen-bond donors (Lipinski definition) is 1. The van der Waals surface area contributed by atoms with Gasteiger partial charge < -0.3 is 14.4 Å². The molecule has 2 aliphatic rings. The van der Waals surface area contributed by atoms with Crippen LogP contribution in [0.5, 0.6) is 11.5 Å². The summed E-state index contributed by atoms with van der Waals surface area (Å²) in [6.07, 6.45) is 5.16. The summed E-state index contributed by atoms with van der Waals surface area (Å²) >= 11 is 0. The fourth-order valence-corrected chi connectivity index (χ4v) is 3.89. The molecule has 1 aromatic carbocycles. The lowest BCUT2D eigenvalue weighted by Gasteiger charge is -2.17. The van der Waals surface area contributed by atoms with Crippen molar-refractivity contribution in [3.63, 3.8) is 0 Å². The molecular weight excluding hydrogens is 268 g/mol. The molecule has 2 fully saturated rings. The Balaban J connectivity index is 1.61. The van der Waals surface area contributed by atoms with Crippen molar-refractivity contribution in [2.75, 3.05) is 7.11 Å². The van der Waals surface area contributed by atoms with Gasteiger partial charge in [0.2, 0.25) is 0 Å². The molecule has 0 amide bonds. The molecule has 2 bridgehead atoms. The van der Waals surface area contributed by atoms with Crippen molar-refractivity contribution >= 4 is 0 Å². The van der Waals surface area contributed by atoms with Gasteiger partial charge in [-0.05, 0) is 49.3 Å². The Hall–Kier alpha value is -2.04. The summed E-state index contributed by atoms with van der Waals surface area (Å²) in [6.45, 7) is 0. The zero-order valence-electron chi connectivity index (χ0n) is 12.0. The van der Waals surface area contributed by atoms with E-state index in [1.54, 1.807) is 12.1 Å². The number of nitrogens with zero attached hydrogens (tertiary/aromatic N) is 2. The third kappa shape index (κ3) is 2.07. The van der Waals surface area contributed by atoms with Crippen LogP contribution in [0.25, 0.3) is 11.5 Å². The van der Waals surface area contributed by atoms with Crippen LogP contribution in [-0.4, -0.2) is 22.4 Å². The Morgan fingerprint density at radius 1 is 1.29 bits per heavy atom. The summed E-state index contributed by atoms with van der Waals surface area (Å²) in [4.78, 5) is 4.55. The van der Waals surface area contributed by atoms with Crippen LogP contribution >= 0.6 is 0 Å². The van der Waals surface area contributed by atoms with Crippen LogP contribution in [0.15, 0.2) is 22.7 Å². The number of rotatable bonds is 3. The largest absolute Gasteiger partial charge is 0.504 e. The molecule has 0 saturated heterocycles. The van der Waals surface area contributed by atoms with E-state index in [1.165, 1.54) is 32.8 Å². The van der Waals surface area contributed by atoms with Gasteiger partial charge in [0.15, 0.2) is 17.3 Å². The van der Waals surface area contributed by atoms with Crippen molar-refractivity contribution < 1.29 is 14.4 Å². The highest BCUT2D eigenvalue weighted by atomic mass is 16.5. The smallest absolute Gasteiger partial charge is 0.258 e. The standard InChI is InChI=1S/C16H18N2O3/c1-20-14-5-4-11(8-13(14)19)16-17-15(18-21-16)12-7-9-2-3-10(12)6-9/h4-5,8-10,12,19H,2-3,6-7H2,1H3. The molecule has 0 aliphatic heterocycles. The minimum atomic E-state index is 0.0784. The maximum Gasteiger partial charge on any atom is 0.258 e. The van der Waals surface area contributed by atoms with E-state index in [0.717, 1.165) is 23.2 Å². The molecule has 3 atom stereocenters. The minimum Gasteiger partial charge on any atom is -0.504 e. The summed E-state index contributed by atoms with van der Waals surface area (Å²) in [5.41, 5.74) is 0.718. The second-order valence-electron chi connectivity index (χ2n) is 6.13. The van der Waals surface area contributed by atoms with E-state index in [0.29, 0.717) is 17.6 Å². The first-order valence-electron chi connectivity index (χ1n) is 7.45. The second-order valence-corrected chi connectivity index (χ2v) is 6.13. The topological polar surface area (TPSA) is 68.4 Å². The maximum absolute atomic E-state index is 9.84. The first-order valence-corrected chi connectivity index (χ1v) is 7.45. The molecule has 21 heavy (non-hydrogen) atoms. The van der Waals surface area contributed by atoms with E-state index in [2.05, 4.69) is 10.1 Å². The van der Waals surface area contributed by atoms with Gasteiger partial charge in [0.25, 0.3) is 5.89 Å². The molecule has 0 radical (unpaired) electrons. The van der Waals surface area contributed by atoms with E-state index < -0.39 is 0 Å². The minimum absolute atomic E-state index is 0.0784. The molecule has 2 aliphatic carbocycles. The summed E-state index contributed by atoms with van der Waals surface area (Å²) in [7, 11) is 1.52. The number of ether oxygens (including phenoxy) is 1. The molecule has 5 heteroatoms. The van der Waals surface area contributed by atoms with Crippen molar-refractivity contribution in [2.45, 2.75) is 31.6 Å². The third-order valence-corrected chi connectivity index (χ3v) is 4.94. The zero-order chi connectivity index (χ0) is 14.4. The van der Waals surface area contributed by atoms with Crippen LogP contribution < -0.4 is 4.74 Å². The molecule has 1 aromatic heterocycles. The molecule has 4 rings (SSSR count). The number of methoxy groups -OCH3 is 1. The van der Waals surface area contributed by atoms with Gasteiger partial charge in [-0.1, -0.05) is 11.6 Å². The van der Waals surface area contributed by atoms with E-state index in [4.69, 9.17) is 9.26 Å². The molecule has 3 unspecified atom stereocenters. The lowest BCUT2D eigenvalue weighted by molar-refractivity contribution is 0.370. The normalized spacial score (nSPS) is 27.2. The lowest BCUT2D eigenvalue weighted by atomic mass is 9.88. The van der Waals surface area contributed by atoms with E-state index in [9.17, 15) is 5.11 Å². The maximum atomic E-state index is 9.84.